The standard InChI is InChI=1S/C23H26N4O4/c1-13(2)30-20-10-17-15(9-18(20)22(25)29)4-6-26-23(17)31-19-8-14-7-16(19)12-27(11-14)21(28)3-5-24/h4,6,9-10,13-14,16,19H,3,7-8,11-12H2,1-2H3,(H2,25,29)/t14-,16-,19?/m0/s1. The number of pyridine rings is 1. The van der Waals surface area contributed by atoms with Crippen LogP contribution in [-0.2, 0) is 4.79 Å². The highest BCUT2D eigenvalue weighted by molar-refractivity contribution is 6.01. The van der Waals surface area contributed by atoms with Crippen molar-refractivity contribution in [2.75, 3.05) is 13.1 Å². The average molecular weight is 422 g/mol. The molecule has 4 rings (SSSR count). The number of fused-ring (bicyclic) bond motifs is 3. The van der Waals surface area contributed by atoms with Crippen LogP contribution in [0.4, 0.5) is 0 Å². The summed E-state index contributed by atoms with van der Waals surface area (Å²) in [7, 11) is 0. The first-order chi connectivity index (χ1) is 14.9. The molecule has 31 heavy (non-hydrogen) atoms. The number of benzene rings is 1. The summed E-state index contributed by atoms with van der Waals surface area (Å²) >= 11 is 0. The Morgan fingerprint density at radius 3 is 2.84 bits per heavy atom. The Balaban J connectivity index is 1.61. The van der Waals surface area contributed by atoms with Gasteiger partial charge in [0.05, 0.1) is 17.7 Å². The molecule has 3 atom stereocenters. The Kier molecular flexibility index (Phi) is 5.68. The fraction of sp³-hybridized carbons (Fsp3) is 0.478. The van der Waals surface area contributed by atoms with Crippen molar-refractivity contribution in [2.24, 2.45) is 17.6 Å². The molecule has 0 radical (unpaired) electrons. The van der Waals surface area contributed by atoms with E-state index in [-0.39, 0.29) is 30.5 Å². The van der Waals surface area contributed by atoms with Crippen LogP contribution in [-0.4, -0.2) is 47.0 Å². The number of carbonyl (C=O) groups is 2. The van der Waals surface area contributed by atoms with Crippen molar-refractivity contribution >= 4 is 22.6 Å². The monoisotopic (exact) mass is 422 g/mol. The van der Waals surface area contributed by atoms with E-state index in [2.05, 4.69) is 4.98 Å². The third-order valence-corrected chi connectivity index (χ3v) is 5.96. The smallest absolute Gasteiger partial charge is 0.252 e. The number of aromatic nitrogens is 1. The number of carbonyl (C=O) groups excluding carboxylic acids is 2. The van der Waals surface area contributed by atoms with Crippen LogP contribution in [0.1, 0.15) is 43.5 Å². The first-order valence-corrected chi connectivity index (χ1v) is 10.6. The lowest BCUT2D eigenvalue weighted by molar-refractivity contribution is -0.132. The summed E-state index contributed by atoms with van der Waals surface area (Å²) in [4.78, 5) is 30.3. The molecule has 1 saturated carbocycles. The lowest BCUT2D eigenvalue weighted by Crippen LogP contribution is -2.42. The highest BCUT2D eigenvalue weighted by Gasteiger charge is 2.43. The molecule has 2 amide bonds. The zero-order valence-corrected chi connectivity index (χ0v) is 17.7. The van der Waals surface area contributed by atoms with Gasteiger partial charge in [0, 0.05) is 30.6 Å². The molecule has 162 valence electrons. The molecule has 2 aliphatic rings. The number of likely N-dealkylation sites (tertiary alicyclic amines) is 1. The van der Waals surface area contributed by atoms with Crippen molar-refractivity contribution in [3.63, 3.8) is 0 Å². The van der Waals surface area contributed by atoms with Gasteiger partial charge in [0.25, 0.3) is 5.91 Å². The molecule has 8 nitrogen and oxygen atoms in total. The van der Waals surface area contributed by atoms with Gasteiger partial charge in [0.15, 0.2) is 0 Å². The minimum absolute atomic E-state index is 0.0618. The molecule has 1 aromatic heterocycles. The molecule has 2 heterocycles. The summed E-state index contributed by atoms with van der Waals surface area (Å²) in [6.45, 7) is 5.04. The van der Waals surface area contributed by atoms with E-state index < -0.39 is 5.91 Å². The molecule has 2 N–H and O–H groups in total. The number of nitrogens with two attached hydrogens (primary N) is 1. The summed E-state index contributed by atoms with van der Waals surface area (Å²) in [6.07, 6.45) is 3.22. The van der Waals surface area contributed by atoms with Crippen molar-refractivity contribution in [1.29, 1.82) is 5.26 Å². The number of piperidine rings is 1. The Morgan fingerprint density at radius 2 is 2.13 bits per heavy atom. The Hall–Kier alpha value is -3.34. The molecule has 0 spiro atoms. The molecule has 1 saturated heterocycles. The second kappa shape index (κ2) is 8.42. The quantitative estimate of drug-likeness (QED) is 0.764. The van der Waals surface area contributed by atoms with Crippen LogP contribution >= 0.6 is 0 Å². The number of hydrogen-bond donors (Lipinski definition) is 1. The fourth-order valence-electron chi connectivity index (χ4n) is 4.69. The highest BCUT2D eigenvalue weighted by Crippen LogP contribution is 2.40. The minimum atomic E-state index is -0.552. The van der Waals surface area contributed by atoms with Crippen LogP contribution in [0.25, 0.3) is 10.8 Å². The SMILES string of the molecule is CC(C)Oc1cc2c(OC3C[C@@H]4C[C@H]3CN(C(=O)CC#N)C4)nccc2cc1C(N)=O. The number of nitrogens with zero attached hydrogens (tertiary/aromatic N) is 3. The summed E-state index contributed by atoms with van der Waals surface area (Å²) in [5.74, 6) is 0.789. The van der Waals surface area contributed by atoms with E-state index in [0.717, 1.165) is 23.6 Å². The third-order valence-electron chi connectivity index (χ3n) is 5.96. The molecule has 2 bridgehead atoms. The van der Waals surface area contributed by atoms with Gasteiger partial charge < -0.3 is 20.1 Å². The number of hydrogen-bond acceptors (Lipinski definition) is 6. The lowest BCUT2D eigenvalue weighted by atomic mass is 9.98. The zero-order chi connectivity index (χ0) is 22.1. The summed E-state index contributed by atoms with van der Waals surface area (Å²) < 4.78 is 12.2. The molecule has 8 heteroatoms. The van der Waals surface area contributed by atoms with Gasteiger partial charge in [-0.15, -0.1) is 0 Å². The topological polar surface area (TPSA) is 119 Å². The van der Waals surface area contributed by atoms with Crippen LogP contribution in [0.2, 0.25) is 0 Å². The van der Waals surface area contributed by atoms with E-state index >= 15 is 0 Å². The first-order valence-electron chi connectivity index (χ1n) is 10.6. The van der Waals surface area contributed by atoms with Crippen molar-refractivity contribution in [3.05, 3.63) is 30.0 Å². The van der Waals surface area contributed by atoms with Crippen molar-refractivity contribution in [3.8, 4) is 17.7 Å². The molecule has 1 aliphatic heterocycles. The predicted octanol–water partition coefficient (Wildman–Crippen LogP) is 2.65. The molecule has 2 fully saturated rings. The van der Waals surface area contributed by atoms with Crippen LogP contribution in [0.3, 0.4) is 0 Å². The third kappa shape index (κ3) is 4.26. The molecule has 1 aromatic carbocycles. The molecule has 1 aliphatic carbocycles. The van der Waals surface area contributed by atoms with Crippen LogP contribution < -0.4 is 15.2 Å². The van der Waals surface area contributed by atoms with E-state index in [1.165, 1.54) is 0 Å². The summed E-state index contributed by atoms with van der Waals surface area (Å²) in [5.41, 5.74) is 5.87. The van der Waals surface area contributed by atoms with Crippen molar-refractivity contribution < 1.29 is 19.1 Å². The van der Waals surface area contributed by atoms with E-state index in [4.69, 9.17) is 20.5 Å². The molecule has 2 aromatic rings. The van der Waals surface area contributed by atoms with Gasteiger partial charge >= 0.3 is 0 Å². The Morgan fingerprint density at radius 1 is 1.32 bits per heavy atom. The second-order valence-corrected chi connectivity index (χ2v) is 8.60. The van der Waals surface area contributed by atoms with Gasteiger partial charge in [0.2, 0.25) is 11.8 Å². The van der Waals surface area contributed by atoms with E-state index in [9.17, 15) is 9.59 Å². The van der Waals surface area contributed by atoms with Crippen molar-refractivity contribution in [2.45, 2.75) is 45.3 Å². The maximum absolute atomic E-state index is 12.2. The fourth-order valence-corrected chi connectivity index (χ4v) is 4.69. The van der Waals surface area contributed by atoms with Crippen molar-refractivity contribution in [1.82, 2.24) is 9.88 Å². The number of ether oxygens (including phenoxy) is 2. The van der Waals surface area contributed by atoms with E-state index in [1.54, 1.807) is 23.2 Å². The average Bonchev–Trinajstić information content (AvgIpc) is 3.00. The number of amides is 2. The van der Waals surface area contributed by atoms with Crippen LogP contribution in [0.5, 0.6) is 11.6 Å². The van der Waals surface area contributed by atoms with E-state index in [0.29, 0.717) is 36.2 Å². The van der Waals surface area contributed by atoms with Gasteiger partial charge in [-0.1, -0.05) is 0 Å². The maximum atomic E-state index is 12.2. The van der Waals surface area contributed by atoms with Gasteiger partial charge in [-0.05, 0) is 56.2 Å². The largest absolute Gasteiger partial charge is 0.490 e. The maximum Gasteiger partial charge on any atom is 0.252 e. The highest BCUT2D eigenvalue weighted by atomic mass is 16.5. The first kappa shape index (κ1) is 20.9. The minimum Gasteiger partial charge on any atom is -0.490 e. The van der Waals surface area contributed by atoms with Gasteiger partial charge in [-0.25, -0.2) is 4.98 Å². The lowest BCUT2D eigenvalue weighted by Gasteiger charge is -2.32. The Bertz CT molecular complexity index is 1060. The summed E-state index contributed by atoms with van der Waals surface area (Å²) in [6, 6.07) is 7.22. The number of rotatable bonds is 6. The molecule has 1 unspecified atom stereocenters. The van der Waals surface area contributed by atoms with Gasteiger partial charge in [-0.2, -0.15) is 5.26 Å². The van der Waals surface area contributed by atoms with Crippen LogP contribution in [0.15, 0.2) is 24.4 Å². The predicted molar refractivity (Wildman–Crippen MR) is 113 cm³/mol. The number of primary amides is 1. The molecular formula is C23H26N4O4. The van der Waals surface area contributed by atoms with Gasteiger partial charge in [-0.3, -0.25) is 9.59 Å². The second-order valence-electron chi connectivity index (χ2n) is 8.60. The molecular weight excluding hydrogens is 396 g/mol. The normalized spacial score (nSPS) is 22.4. The van der Waals surface area contributed by atoms with Gasteiger partial charge in [0.1, 0.15) is 18.3 Å². The van der Waals surface area contributed by atoms with Crippen LogP contribution in [0, 0.1) is 23.2 Å². The zero-order valence-electron chi connectivity index (χ0n) is 17.7. The Labute approximate surface area is 180 Å². The van der Waals surface area contributed by atoms with E-state index in [1.807, 2.05) is 26.0 Å². The summed E-state index contributed by atoms with van der Waals surface area (Å²) in [5, 5.41) is 10.4. The number of nitriles is 1.